The molecule has 0 radical (unpaired) electrons. The molecule has 1 rings (SSSR count). The summed E-state index contributed by atoms with van der Waals surface area (Å²) in [7, 11) is 2.00. The second-order valence-electron chi connectivity index (χ2n) is 4.47. The van der Waals surface area contributed by atoms with Crippen molar-refractivity contribution in [2.75, 3.05) is 13.6 Å². The average Bonchev–Trinajstić information content (AvgIpc) is 2.50. The molecule has 0 spiro atoms. The van der Waals surface area contributed by atoms with Gasteiger partial charge in [0.05, 0.1) is 12.3 Å². The van der Waals surface area contributed by atoms with Crippen molar-refractivity contribution in [3.8, 4) is 0 Å². The Morgan fingerprint density at radius 2 is 2.13 bits per heavy atom. The number of rotatable bonds is 5. The van der Waals surface area contributed by atoms with Crippen LogP contribution in [-0.2, 0) is 6.54 Å². The van der Waals surface area contributed by atoms with Crippen LogP contribution < -0.4 is 0 Å². The van der Waals surface area contributed by atoms with Crippen LogP contribution in [0.4, 0.5) is 0 Å². The van der Waals surface area contributed by atoms with Crippen molar-refractivity contribution in [2.45, 2.75) is 39.5 Å². The maximum absolute atomic E-state index is 9.23. The normalized spacial score (nSPS) is 13.8. The molecule has 0 amide bonds. The highest BCUT2D eigenvalue weighted by Gasteiger charge is 2.06. The minimum atomic E-state index is -0.282. The maximum atomic E-state index is 9.23. The second kappa shape index (κ2) is 5.28. The molecule has 0 aliphatic rings. The number of aromatic nitrogens is 2. The molecule has 0 saturated carbocycles. The highest BCUT2D eigenvalue weighted by Crippen LogP contribution is 2.07. The number of likely N-dealkylation sites (N-methyl/N-ethyl adjacent to an activating group) is 1. The van der Waals surface area contributed by atoms with E-state index in [0.29, 0.717) is 12.6 Å². The third-order valence-corrected chi connectivity index (χ3v) is 2.21. The first-order valence-corrected chi connectivity index (χ1v) is 5.38. The number of aliphatic hydroxyl groups is 1. The van der Waals surface area contributed by atoms with E-state index < -0.39 is 0 Å². The molecular weight excluding hydrogens is 190 g/mol. The van der Waals surface area contributed by atoms with E-state index in [-0.39, 0.29) is 6.10 Å². The zero-order valence-electron chi connectivity index (χ0n) is 10.0. The topological polar surface area (TPSA) is 41.3 Å². The molecule has 86 valence electrons. The van der Waals surface area contributed by atoms with Gasteiger partial charge in [0.1, 0.15) is 0 Å². The predicted molar refractivity (Wildman–Crippen MR) is 60.6 cm³/mol. The predicted octanol–water partition coefficient (Wildman–Crippen LogP) is 1.28. The number of hydrogen-bond donors (Lipinski definition) is 1. The van der Waals surface area contributed by atoms with Crippen molar-refractivity contribution in [3.05, 3.63) is 18.0 Å². The van der Waals surface area contributed by atoms with Gasteiger partial charge in [-0.2, -0.15) is 5.10 Å². The average molecular weight is 211 g/mol. The largest absolute Gasteiger partial charge is 0.392 e. The van der Waals surface area contributed by atoms with Crippen LogP contribution >= 0.6 is 0 Å². The van der Waals surface area contributed by atoms with E-state index in [9.17, 15) is 5.11 Å². The highest BCUT2D eigenvalue weighted by atomic mass is 16.3. The molecule has 0 aromatic carbocycles. The van der Waals surface area contributed by atoms with E-state index in [1.165, 1.54) is 5.56 Å². The molecule has 1 aromatic rings. The molecule has 0 bridgehead atoms. The number of nitrogens with zero attached hydrogens (tertiary/aromatic N) is 3. The fourth-order valence-corrected chi connectivity index (χ4v) is 1.57. The van der Waals surface area contributed by atoms with Crippen LogP contribution in [0.2, 0.25) is 0 Å². The van der Waals surface area contributed by atoms with Crippen LogP contribution in [0.1, 0.15) is 32.4 Å². The van der Waals surface area contributed by atoms with Crippen molar-refractivity contribution in [2.24, 2.45) is 0 Å². The summed E-state index contributed by atoms with van der Waals surface area (Å²) in [4.78, 5) is 2.09. The molecule has 4 heteroatoms. The Kier molecular flexibility index (Phi) is 4.29. The lowest BCUT2D eigenvalue weighted by molar-refractivity contribution is 0.138. The van der Waals surface area contributed by atoms with Crippen LogP contribution in [0.25, 0.3) is 0 Å². The van der Waals surface area contributed by atoms with E-state index in [0.717, 1.165) is 6.54 Å². The zero-order valence-corrected chi connectivity index (χ0v) is 10.0. The van der Waals surface area contributed by atoms with Crippen molar-refractivity contribution >= 4 is 0 Å². The molecule has 0 saturated heterocycles. The smallest absolute Gasteiger partial charge is 0.0639 e. The minimum absolute atomic E-state index is 0.282. The number of aliphatic hydroxyl groups excluding tert-OH is 1. The summed E-state index contributed by atoms with van der Waals surface area (Å²) in [5.74, 6) is 0. The highest BCUT2D eigenvalue weighted by molar-refractivity contribution is 5.03. The van der Waals surface area contributed by atoms with Crippen LogP contribution in [0.15, 0.2) is 12.4 Å². The first kappa shape index (κ1) is 12.2. The van der Waals surface area contributed by atoms with Gasteiger partial charge in [-0.05, 0) is 27.8 Å². The molecule has 1 heterocycles. The van der Waals surface area contributed by atoms with Gasteiger partial charge in [-0.15, -0.1) is 0 Å². The van der Waals surface area contributed by atoms with Gasteiger partial charge in [-0.1, -0.05) is 0 Å². The van der Waals surface area contributed by atoms with Gasteiger partial charge < -0.3 is 5.11 Å². The first-order chi connectivity index (χ1) is 6.99. The Morgan fingerprint density at radius 3 is 2.60 bits per heavy atom. The first-order valence-electron chi connectivity index (χ1n) is 5.38. The fourth-order valence-electron chi connectivity index (χ4n) is 1.57. The van der Waals surface area contributed by atoms with Crippen molar-refractivity contribution in [3.63, 3.8) is 0 Å². The Labute approximate surface area is 91.5 Å². The third kappa shape index (κ3) is 4.01. The molecule has 1 N–H and O–H groups in total. The molecule has 0 fully saturated rings. The quantitative estimate of drug-likeness (QED) is 0.797. The Morgan fingerprint density at radius 1 is 1.47 bits per heavy atom. The standard InChI is InChI=1S/C11H21N3O/c1-9(2)14-8-11(5-12-14)7-13(4)6-10(3)15/h5,8-10,15H,6-7H2,1-4H3/t10-/m0/s1. The van der Waals surface area contributed by atoms with Gasteiger partial charge in [-0.3, -0.25) is 9.58 Å². The van der Waals surface area contributed by atoms with E-state index >= 15 is 0 Å². The third-order valence-electron chi connectivity index (χ3n) is 2.21. The zero-order chi connectivity index (χ0) is 11.4. The molecule has 1 atom stereocenters. The summed E-state index contributed by atoms with van der Waals surface area (Å²) < 4.78 is 1.95. The number of hydrogen-bond acceptors (Lipinski definition) is 3. The summed E-state index contributed by atoms with van der Waals surface area (Å²) in [5, 5.41) is 13.5. The fraction of sp³-hybridized carbons (Fsp3) is 0.727. The molecule has 0 aliphatic carbocycles. The molecule has 0 aliphatic heterocycles. The maximum Gasteiger partial charge on any atom is 0.0639 e. The van der Waals surface area contributed by atoms with Gasteiger partial charge in [-0.25, -0.2) is 0 Å². The lowest BCUT2D eigenvalue weighted by atomic mass is 10.3. The van der Waals surface area contributed by atoms with E-state index in [4.69, 9.17) is 0 Å². The van der Waals surface area contributed by atoms with Gasteiger partial charge in [0.2, 0.25) is 0 Å². The van der Waals surface area contributed by atoms with Crippen LogP contribution in [0.3, 0.4) is 0 Å². The molecular formula is C11H21N3O. The molecule has 1 aromatic heterocycles. The SMILES string of the molecule is CC(C)n1cc(CN(C)C[C@H](C)O)cn1. The second-order valence-corrected chi connectivity index (χ2v) is 4.47. The Bertz CT molecular complexity index is 294. The molecule has 0 unspecified atom stereocenters. The summed E-state index contributed by atoms with van der Waals surface area (Å²) in [6, 6.07) is 0.404. The Hall–Kier alpha value is -0.870. The van der Waals surface area contributed by atoms with E-state index in [1.807, 2.05) is 17.9 Å². The van der Waals surface area contributed by atoms with Crippen molar-refractivity contribution in [1.29, 1.82) is 0 Å². The summed E-state index contributed by atoms with van der Waals surface area (Å²) in [5.41, 5.74) is 1.19. The monoisotopic (exact) mass is 211 g/mol. The molecule has 15 heavy (non-hydrogen) atoms. The van der Waals surface area contributed by atoms with Crippen molar-refractivity contribution in [1.82, 2.24) is 14.7 Å². The van der Waals surface area contributed by atoms with Gasteiger partial charge in [0, 0.05) is 30.9 Å². The van der Waals surface area contributed by atoms with Gasteiger partial charge in [0.15, 0.2) is 0 Å². The van der Waals surface area contributed by atoms with E-state index in [2.05, 4.69) is 30.0 Å². The lowest BCUT2D eigenvalue weighted by Gasteiger charge is -2.17. The Balaban J connectivity index is 2.49. The summed E-state index contributed by atoms with van der Waals surface area (Å²) in [6.45, 7) is 7.53. The van der Waals surface area contributed by atoms with Gasteiger partial charge >= 0.3 is 0 Å². The van der Waals surface area contributed by atoms with Crippen LogP contribution in [0.5, 0.6) is 0 Å². The minimum Gasteiger partial charge on any atom is -0.392 e. The van der Waals surface area contributed by atoms with Crippen molar-refractivity contribution < 1.29 is 5.11 Å². The lowest BCUT2D eigenvalue weighted by Crippen LogP contribution is -2.26. The molecule has 4 nitrogen and oxygen atoms in total. The van der Waals surface area contributed by atoms with Crippen LogP contribution in [0, 0.1) is 0 Å². The summed E-state index contributed by atoms with van der Waals surface area (Å²) >= 11 is 0. The van der Waals surface area contributed by atoms with E-state index in [1.54, 1.807) is 6.92 Å². The van der Waals surface area contributed by atoms with Crippen LogP contribution in [-0.4, -0.2) is 39.5 Å². The van der Waals surface area contributed by atoms with Gasteiger partial charge in [0.25, 0.3) is 0 Å². The summed E-state index contributed by atoms with van der Waals surface area (Å²) in [6.07, 6.45) is 3.66.